The average Bonchev–Trinajstić information content (AvgIpc) is 2.57. The van der Waals surface area contributed by atoms with E-state index in [2.05, 4.69) is 39.5 Å². The van der Waals surface area contributed by atoms with Gasteiger partial charge in [-0.05, 0) is 57.7 Å². The van der Waals surface area contributed by atoms with Crippen molar-refractivity contribution >= 4 is 6.08 Å². The average molecular weight is 330 g/mol. The fourth-order valence-electron chi connectivity index (χ4n) is 2.34. The monoisotopic (exact) mass is 330 g/mol. The smallest absolute Gasteiger partial charge is 0.203 e. The van der Waals surface area contributed by atoms with Gasteiger partial charge in [0.05, 0.1) is 21.3 Å². The molecule has 0 aliphatic carbocycles. The van der Waals surface area contributed by atoms with E-state index in [1.807, 2.05) is 12.1 Å². The molecule has 0 bridgehead atoms. The van der Waals surface area contributed by atoms with Crippen LogP contribution in [-0.2, 0) is 0 Å². The Balaban J connectivity index is 2.71. The first-order chi connectivity index (χ1) is 11.4. The molecule has 1 aromatic rings. The number of benzene rings is 1. The number of hydrogen-bond donors (Lipinski definition) is 0. The first kappa shape index (κ1) is 19.9. The van der Waals surface area contributed by atoms with Crippen molar-refractivity contribution < 1.29 is 14.2 Å². The van der Waals surface area contributed by atoms with Crippen LogP contribution < -0.4 is 14.2 Å². The molecule has 0 radical (unpaired) electrons. The summed E-state index contributed by atoms with van der Waals surface area (Å²) >= 11 is 0. The van der Waals surface area contributed by atoms with Crippen LogP contribution in [0.1, 0.15) is 45.6 Å². The van der Waals surface area contributed by atoms with E-state index in [-0.39, 0.29) is 0 Å². The highest BCUT2D eigenvalue weighted by molar-refractivity contribution is 5.62. The molecule has 3 nitrogen and oxygen atoms in total. The summed E-state index contributed by atoms with van der Waals surface area (Å²) in [7, 11) is 4.86. The van der Waals surface area contributed by atoms with Crippen LogP contribution in [0.5, 0.6) is 17.2 Å². The van der Waals surface area contributed by atoms with Crippen LogP contribution >= 0.6 is 0 Å². The molecule has 0 spiro atoms. The topological polar surface area (TPSA) is 27.7 Å². The molecule has 0 fully saturated rings. The Labute approximate surface area is 146 Å². The van der Waals surface area contributed by atoms with Crippen molar-refractivity contribution in [3.63, 3.8) is 0 Å². The van der Waals surface area contributed by atoms with Gasteiger partial charge >= 0.3 is 0 Å². The third kappa shape index (κ3) is 5.80. The zero-order chi connectivity index (χ0) is 18.1. The van der Waals surface area contributed by atoms with Gasteiger partial charge in [0, 0.05) is 0 Å². The molecule has 0 N–H and O–H groups in total. The summed E-state index contributed by atoms with van der Waals surface area (Å²) in [6.07, 6.45) is 7.17. The highest BCUT2D eigenvalue weighted by atomic mass is 16.5. The SMILES string of the molecule is C=C(CCC=Cc1cc(OC)c(OC)c(OC)c1)CC(C)=C(C)C. The van der Waals surface area contributed by atoms with Gasteiger partial charge in [-0.2, -0.15) is 0 Å². The molecule has 3 heteroatoms. The van der Waals surface area contributed by atoms with Crippen LogP contribution in [0.2, 0.25) is 0 Å². The van der Waals surface area contributed by atoms with E-state index in [4.69, 9.17) is 14.2 Å². The Kier molecular flexibility index (Phi) is 8.17. The van der Waals surface area contributed by atoms with E-state index < -0.39 is 0 Å². The second-order valence-corrected chi connectivity index (χ2v) is 6.11. The molecule has 0 heterocycles. The van der Waals surface area contributed by atoms with Gasteiger partial charge in [-0.15, -0.1) is 0 Å². The van der Waals surface area contributed by atoms with Gasteiger partial charge < -0.3 is 14.2 Å². The lowest BCUT2D eigenvalue weighted by atomic mass is 10.0. The Morgan fingerprint density at radius 3 is 2.04 bits per heavy atom. The second-order valence-electron chi connectivity index (χ2n) is 6.11. The highest BCUT2D eigenvalue weighted by Crippen LogP contribution is 2.38. The maximum Gasteiger partial charge on any atom is 0.203 e. The lowest BCUT2D eigenvalue weighted by molar-refractivity contribution is 0.324. The lowest BCUT2D eigenvalue weighted by Crippen LogP contribution is -1.95. The van der Waals surface area contributed by atoms with Crippen LogP contribution in [0.4, 0.5) is 0 Å². The fourth-order valence-corrected chi connectivity index (χ4v) is 2.34. The largest absolute Gasteiger partial charge is 0.493 e. The van der Waals surface area contributed by atoms with Gasteiger partial charge in [-0.1, -0.05) is 35.5 Å². The number of allylic oxidation sites excluding steroid dienone is 4. The molecule has 1 aromatic carbocycles. The van der Waals surface area contributed by atoms with Crippen molar-refractivity contribution in [2.45, 2.75) is 40.0 Å². The standard InChI is InChI=1S/C21H30O3/c1-15(2)17(4)12-16(3)10-8-9-11-18-13-19(22-5)21(24-7)20(14-18)23-6/h9,11,13-14H,3,8,10,12H2,1-2,4-7H3. The molecule has 0 amide bonds. The van der Waals surface area contributed by atoms with E-state index in [1.165, 1.54) is 16.7 Å². The summed E-state index contributed by atoms with van der Waals surface area (Å²) < 4.78 is 16.1. The number of rotatable bonds is 9. The fraction of sp³-hybridized carbons (Fsp3) is 0.429. The molecular weight excluding hydrogens is 300 g/mol. The Morgan fingerprint density at radius 2 is 1.58 bits per heavy atom. The maximum absolute atomic E-state index is 5.37. The molecule has 0 aliphatic rings. The molecule has 0 unspecified atom stereocenters. The van der Waals surface area contributed by atoms with Crippen LogP contribution in [0.25, 0.3) is 6.08 Å². The molecule has 0 saturated carbocycles. The quantitative estimate of drug-likeness (QED) is 0.535. The summed E-state index contributed by atoms with van der Waals surface area (Å²) in [5.74, 6) is 1.95. The van der Waals surface area contributed by atoms with Crippen LogP contribution in [0, 0.1) is 0 Å². The summed E-state index contributed by atoms with van der Waals surface area (Å²) in [5, 5.41) is 0. The lowest BCUT2D eigenvalue weighted by Gasteiger charge is -2.12. The highest BCUT2D eigenvalue weighted by Gasteiger charge is 2.11. The molecule has 132 valence electrons. The van der Waals surface area contributed by atoms with Gasteiger partial charge in [0.25, 0.3) is 0 Å². The van der Waals surface area contributed by atoms with E-state index in [9.17, 15) is 0 Å². The molecule has 0 saturated heterocycles. The Bertz CT molecular complexity index is 595. The second kappa shape index (κ2) is 9.86. The van der Waals surface area contributed by atoms with Crippen molar-refractivity contribution in [1.29, 1.82) is 0 Å². The maximum atomic E-state index is 5.37. The third-order valence-corrected chi connectivity index (χ3v) is 4.03. The molecule has 0 aliphatic heterocycles. The minimum absolute atomic E-state index is 0.614. The predicted molar refractivity (Wildman–Crippen MR) is 102 cm³/mol. The normalized spacial score (nSPS) is 10.6. The van der Waals surface area contributed by atoms with Gasteiger partial charge in [-0.25, -0.2) is 0 Å². The summed E-state index contributed by atoms with van der Waals surface area (Å²) in [6.45, 7) is 10.6. The summed E-state index contributed by atoms with van der Waals surface area (Å²) in [6, 6.07) is 3.89. The van der Waals surface area contributed by atoms with E-state index in [1.54, 1.807) is 21.3 Å². The number of ether oxygens (including phenoxy) is 3. The third-order valence-electron chi connectivity index (χ3n) is 4.03. The van der Waals surface area contributed by atoms with E-state index in [0.717, 1.165) is 24.8 Å². The molecule has 0 aromatic heterocycles. The summed E-state index contributed by atoms with van der Waals surface area (Å²) in [4.78, 5) is 0. The van der Waals surface area contributed by atoms with E-state index >= 15 is 0 Å². The first-order valence-electron chi connectivity index (χ1n) is 8.19. The Hall–Kier alpha value is -2.16. The van der Waals surface area contributed by atoms with Crippen LogP contribution in [0.3, 0.4) is 0 Å². The Morgan fingerprint density at radius 1 is 1.00 bits per heavy atom. The van der Waals surface area contributed by atoms with Crippen molar-refractivity contribution in [1.82, 2.24) is 0 Å². The van der Waals surface area contributed by atoms with Crippen molar-refractivity contribution in [2.24, 2.45) is 0 Å². The van der Waals surface area contributed by atoms with Crippen LogP contribution in [0.15, 0.2) is 41.5 Å². The molecule has 0 atom stereocenters. The van der Waals surface area contributed by atoms with Crippen molar-refractivity contribution in [2.75, 3.05) is 21.3 Å². The van der Waals surface area contributed by atoms with Gasteiger partial charge in [0.1, 0.15) is 0 Å². The van der Waals surface area contributed by atoms with Gasteiger partial charge in [-0.3, -0.25) is 0 Å². The van der Waals surface area contributed by atoms with E-state index in [0.29, 0.717) is 17.2 Å². The molecule has 24 heavy (non-hydrogen) atoms. The predicted octanol–water partition coefficient (Wildman–Crippen LogP) is 5.81. The molecular formula is C21H30O3. The zero-order valence-corrected chi connectivity index (χ0v) is 15.9. The number of hydrogen-bond acceptors (Lipinski definition) is 3. The first-order valence-corrected chi connectivity index (χ1v) is 8.19. The van der Waals surface area contributed by atoms with Crippen molar-refractivity contribution in [3.8, 4) is 17.2 Å². The minimum atomic E-state index is 0.614. The van der Waals surface area contributed by atoms with Crippen LogP contribution in [-0.4, -0.2) is 21.3 Å². The zero-order valence-electron chi connectivity index (χ0n) is 15.9. The van der Waals surface area contributed by atoms with Crippen molar-refractivity contribution in [3.05, 3.63) is 47.1 Å². The van der Waals surface area contributed by atoms with Gasteiger partial charge in [0.15, 0.2) is 11.5 Å². The molecule has 1 rings (SSSR count). The summed E-state index contributed by atoms with van der Waals surface area (Å²) in [5.41, 5.74) is 5.08. The number of methoxy groups -OCH3 is 3. The van der Waals surface area contributed by atoms with Gasteiger partial charge in [0.2, 0.25) is 5.75 Å². The minimum Gasteiger partial charge on any atom is -0.493 e.